The summed E-state index contributed by atoms with van der Waals surface area (Å²) in [6.07, 6.45) is 1.73. The van der Waals surface area contributed by atoms with Gasteiger partial charge in [0, 0.05) is 14.1 Å². The fourth-order valence-corrected chi connectivity index (χ4v) is 1.66. The van der Waals surface area contributed by atoms with E-state index in [1.165, 1.54) is 11.6 Å². The van der Waals surface area contributed by atoms with Crippen molar-refractivity contribution in [1.29, 1.82) is 0 Å². The number of hydrogen-bond acceptors (Lipinski definition) is 3. The first-order chi connectivity index (χ1) is 7.43. The van der Waals surface area contributed by atoms with Crippen LogP contribution in [-0.4, -0.2) is 9.13 Å². The number of halogens is 1. The molecule has 0 saturated heterocycles. The van der Waals surface area contributed by atoms with E-state index in [0.717, 1.165) is 15.8 Å². The molecule has 1 aliphatic heterocycles. The van der Waals surface area contributed by atoms with Crippen molar-refractivity contribution in [3.05, 3.63) is 42.8 Å². The summed E-state index contributed by atoms with van der Waals surface area (Å²) in [5.41, 5.74) is 1.58. The molecular formula is C11H17ClN4O2. The van der Waals surface area contributed by atoms with Crippen LogP contribution in [0, 0.1) is 0 Å². The van der Waals surface area contributed by atoms with Gasteiger partial charge < -0.3 is 18.6 Å². The van der Waals surface area contributed by atoms with E-state index < -0.39 is 0 Å². The van der Waals surface area contributed by atoms with Crippen molar-refractivity contribution in [3.8, 4) is 0 Å². The maximum atomic E-state index is 11.8. The topological polar surface area (TPSA) is 92.9 Å². The van der Waals surface area contributed by atoms with Crippen LogP contribution in [0.4, 0.5) is 0 Å². The zero-order valence-electron chi connectivity index (χ0n) is 11.1. The third-order valence-electron chi connectivity index (χ3n) is 2.69. The van der Waals surface area contributed by atoms with Gasteiger partial charge in [-0.1, -0.05) is 5.57 Å². The van der Waals surface area contributed by atoms with Crippen molar-refractivity contribution in [2.45, 2.75) is 13.8 Å². The van der Waals surface area contributed by atoms with Gasteiger partial charge in [0.25, 0.3) is 5.56 Å². The Labute approximate surface area is 110 Å². The lowest BCUT2D eigenvalue weighted by atomic mass is 10.2. The summed E-state index contributed by atoms with van der Waals surface area (Å²) in [7, 11) is 3.09. The summed E-state index contributed by atoms with van der Waals surface area (Å²) < 4.78 is 2.49. The second-order valence-electron chi connectivity index (χ2n) is 4.08. The van der Waals surface area contributed by atoms with Crippen LogP contribution in [-0.2, 0) is 14.1 Å². The SMILES string of the molecule is CC(C)=C1C=c2c(=O)n(C)c(=O)n(C)c2=N1.[Cl-].[NH4+]. The predicted octanol–water partition coefficient (Wildman–Crippen LogP) is -3.83. The number of aromatic nitrogens is 2. The Hall–Kier alpha value is -1.66. The highest BCUT2D eigenvalue weighted by molar-refractivity contribution is 5.49. The second-order valence-corrected chi connectivity index (χ2v) is 4.08. The lowest BCUT2D eigenvalue weighted by Gasteiger charge is -1.99. The van der Waals surface area contributed by atoms with Crippen molar-refractivity contribution in [2.75, 3.05) is 0 Å². The van der Waals surface area contributed by atoms with Gasteiger partial charge in [0.05, 0.1) is 10.9 Å². The number of rotatable bonds is 0. The molecule has 1 aliphatic rings. The largest absolute Gasteiger partial charge is 1.00 e. The molecule has 18 heavy (non-hydrogen) atoms. The zero-order chi connectivity index (χ0) is 12.0. The van der Waals surface area contributed by atoms with E-state index in [2.05, 4.69) is 4.99 Å². The van der Waals surface area contributed by atoms with E-state index in [0.29, 0.717) is 10.7 Å². The van der Waals surface area contributed by atoms with Gasteiger partial charge in [0.2, 0.25) is 0 Å². The van der Waals surface area contributed by atoms with Gasteiger partial charge >= 0.3 is 5.69 Å². The van der Waals surface area contributed by atoms with Gasteiger partial charge in [0.15, 0.2) is 0 Å². The number of allylic oxidation sites excluding steroid dienone is 2. The van der Waals surface area contributed by atoms with Crippen molar-refractivity contribution in [3.63, 3.8) is 0 Å². The van der Waals surface area contributed by atoms with Gasteiger partial charge in [-0.2, -0.15) is 0 Å². The monoisotopic (exact) mass is 272 g/mol. The Balaban J connectivity index is 0.00000144. The standard InChI is InChI=1S/C11H13N3O2.ClH.H3N/c1-6(2)8-5-7-9(12-8)13(3)11(16)14(4)10(7)15;;/h5H,1-4H3;1H;1H3. The Morgan fingerprint density at radius 1 is 1.17 bits per heavy atom. The maximum absolute atomic E-state index is 11.8. The lowest BCUT2D eigenvalue weighted by Crippen LogP contribution is -3.00. The summed E-state index contributed by atoms with van der Waals surface area (Å²) in [6, 6.07) is 0. The van der Waals surface area contributed by atoms with Crippen molar-refractivity contribution in [2.24, 2.45) is 19.1 Å². The van der Waals surface area contributed by atoms with Crippen LogP contribution in [0.25, 0.3) is 6.08 Å². The highest BCUT2D eigenvalue weighted by Gasteiger charge is 2.11. The highest BCUT2D eigenvalue weighted by Crippen LogP contribution is 2.06. The predicted molar refractivity (Wildman–Crippen MR) is 66.5 cm³/mol. The van der Waals surface area contributed by atoms with E-state index in [1.54, 1.807) is 13.1 Å². The van der Waals surface area contributed by atoms with Crippen molar-refractivity contribution < 1.29 is 12.4 Å². The molecule has 0 aliphatic carbocycles. The van der Waals surface area contributed by atoms with Crippen LogP contribution in [0.5, 0.6) is 0 Å². The molecular weight excluding hydrogens is 256 g/mol. The molecule has 1 aromatic rings. The summed E-state index contributed by atoms with van der Waals surface area (Å²) >= 11 is 0. The first kappa shape index (κ1) is 16.3. The highest BCUT2D eigenvalue weighted by atomic mass is 35.5. The smallest absolute Gasteiger partial charge is 0.332 e. The maximum Gasteiger partial charge on any atom is 0.332 e. The summed E-state index contributed by atoms with van der Waals surface area (Å²) in [5, 5.41) is 0.487. The van der Waals surface area contributed by atoms with E-state index in [1.807, 2.05) is 13.8 Å². The minimum Gasteiger partial charge on any atom is -1.00 e. The Morgan fingerprint density at radius 3 is 2.22 bits per heavy atom. The molecule has 7 heteroatoms. The number of nitrogens with zero attached hydrogens (tertiary/aromatic N) is 3. The van der Waals surface area contributed by atoms with Crippen molar-refractivity contribution >= 4 is 6.08 Å². The van der Waals surface area contributed by atoms with Gasteiger partial charge in [0.1, 0.15) is 5.49 Å². The molecule has 0 spiro atoms. The van der Waals surface area contributed by atoms with Crippen LogP contribution >= 0.6 is 0 Å². The van der Waals surface area contributed by atoms with Crippen molar-refractivity contribution in [1.82, 2.24) is 15.3 Å². The third-order valence-corrected chi connectivity index (χ3v) is 2.69. The fraction of sp³-hybridized carbons (Fsp3) is 0.364. The van der Waals surface area contributed by atoms with Crippen LogP contribution in [0.2, 0.25) is 0 Å². The van der Waals surface area contributed by atoms with E-state index in [-0.39, 0.29) is 29.8 Å². The molecule has 0 amide bonds. The fourth-order valence-electron chi connectivity index (χ4n) is 1.66. The van der Waals surface area contributed by atoms with Crippen LogP contribution in [0.1, 0.15) is 13.8 Å². The minimum absolute atomic E-state index is 0. The van der Waals surface area contributed by atoms with Gasteiger partial charge in [-0.05, 0) is 19.9 Å². The minimum atomic E-state index is -0.351. The summed E-state index contributed by atoms with van der Waals surface area (Å²) in [6.45, 7) is 3.84. The van der Waals surface area contributed by atoms with E-state index in [9.17, 15) is 9.59 Å². The average molecular weight is 273 g/mol. The van der Waals surface area contributed by atoms with E-state index in [4.69, 9.17) is 0 Å². The number of quaternary nitrogens is 1. The molecule has 0 bridgehead atoms. The summed E-state index contributed by atoms with van der Waals surface area (Å²) in [4.78, 5) is 27.8. The van der Waals surface area contributed by atoms with Gasteiger partial charge in [-0.15, -0.1) is 0 Å². The van der Waals surface area contributed by atoms with Crippen LogP contribution < -0.4 is 40.5 Å². The molecule has 2 heterocycles. The van der Waals surface area contributed by atoms with E-state index >= 15 is 0 Å². The molecule has 2 rings (SSSR count). The lowest BCUT2D eigenvalue weighted by molar-refractivity contribution is -0.00000416. The first-order valence-corrected chi connectivity index (χ1v) is 4.97. The Kier molecular flexibility index (Phi) is 4.83. The molecule has 0 radical (unpaired) electrons. The molecule has 1 aromatic heterocycles. The summed E-state index contributed by atoms with van der Waals surface area (Å²) in [5.74, 6) is 0. The molecule has 0 saturated carbocycles. The number of hydrogen-bond donors (Lipinski definition) is 1. The molecule has 100 valence electrons. The molecule has 6 nitrogen and oxygen atoms in total. The Morgan fingerprint density at radius 2 is 1.72 bits per heavy atom. The first-order valence-electron chi connectivity index (χ1n) is 4.97. The third kappa shape index (κ3) is 2.16. The number of fused-ring (bicyclic) bond motifs is 1. The van der Waals surface area contributed by atoms with Gasteiger partial charge in [-0.25, -0.2) is 9.79 Å². The molecule has 0 fully saturated rings. The molecule has 0 atom stereocenters. The Bertz CT molecular complexity index is 736. The zero-order valence-corrected chi connectivity index (χ0v) is 11.9. The second kappa shape index (κ2) is 5.32. The van der Waals surface area contributed by atoms with Crippen LogP contribution in [0.15, 0.2) is 25.9 Å². The van der Waals surface area contributed by atoms with Gasteiger partial charge in [-0.3, -0.25) is 13.9 Å². The quantitative estimate of drug-likeness (QED) is 0.524. The molecule has 0 unspecified atom stereocenters. The normalized spacial score (nSPS) is 11.7. The van der Waals surface area contributed by atoms with Crippen LogP contribution in [0.3, 0.4) is 0 Å². The average Bonchev–Trinajstić information content (AvgIpc) is 2.68. The molecule has 4 N–H and O–H groups in total. The molecule has 0 aromatic carbocycles.